The van der Waals surface area contributed by atoms with Crippen molar-refractivity contribution >= 4 is 11.5 Å². The van der Waals surface area contributed by atoms with Gasteiger partial charge in [0.2, 0.25) is 0 Å². The maximum atomic E-state index is 9.32. The molecule has 1 aromatic rings. The SMILES string of the molecule is Cc1cccc(C2=CC(=NCC3C=CC(O)=CN3)NC(N)N2)c1C. The number of allylic oxidation sites excluding steroid dienone is 1. The summed E-state index contributed by atoms with van der Waals surface area (Å²) in [7, 11) is 0. The van der Waals surface area contributed by atoms with Crippen LogP contribution in [-0.4, -0.2) is 29.8 Å². The maximum Gasteiger partial charge on any atom is 0.151 e. The minimum atomic E-state index is -0.387. The Labute approximate surface area is 141 Å². The molecule has 126 valence electrons. The second kappa shape index (κ2) is 6.80. The van der Waals surface area contributed by atoms with Crippen molar-refractivity contribution < 1.29 is 5.11 Å². The molecule has 0 aromatic heterocycles. The van der Waals surface area contributed by atoms with Gasteiger partial charge in [0, 0.05) is 23.5 Å². The maximum absolute atomic E-state index is 9.32. The first-order valence-electron chi connectivity index (χ1n) is 7.98. The van der Waals surface area contributed by atoms with E-state index in [9.17, 15) is 5.11 Å². The van der Waals surface area contributed by atoms with Crippen LogP contribution < -0.4 is 21.7 Å². The predicted molar refractivity (Wildman–Crippen MR) is 97.2 cm³/mol. The van der Waals surface area contributed by atoms with Crippen LogP contribution in [0, 0.1) is 13.8 Å². The molecule has 2 aliphatic rings. The Morgan fingerprint density at radius 1 is 1.25 bits per heavy atom. The molecule has 0 spiro atoms. The summed E-state index contributed by atoms with van der Waals surface area (Å²) in [4.78, 5) is 4.59. The largest absolute Gasteiger partial charge is 0.506 e. The van der Waals surface area contributed by atoms with E-state index in [4.69, 9.17) is 5.73 Å². The number of aliphatic hydroxyl groups excluding tert-OH is 1. The molecule has 2 heterocycles. The van der Waals surface area contributed by atoms with Crippen LogP contribution in [-0.2, 0) is 0 Å². The number of nitrogens with two attached hydrogens (primary N) is 1. The van der Waals surface area contributed by atoms with Gasteiger partial charge in [0.1, 0.15) is 11.6 Å². The van der Waals surface area contributed by atoms with E-state index < -0.39 is 0 Å². The minimum absolute atomic E-state index is 0.0545. The fourth-order valence-electron chi connectivity index (χ4n) is 2.69. The molecule has 0 bridgehead atoms. The fourth-order valence-corrected chi connectivity index (χ4v) is 2.69. The first kappa shape index (κ1) is 16.1. The Bertz CT molecular complexity index is 748. The highest BCUT2D eigenvalue weighted by molar-refractivity contribution is 6.00. The molecule has 0 amide bonds. The third-order valence-electron chi connectivity index (χ3n) is 4.19. The van der Waals surface area contributed by atoms with Crippen LogP contribution in [0.3, 0.4) is 0 Å². The van der Waals surface area contributed by atoms with Crippen molar-refractivity contribution in [1.29, 1.82) is 0 Å². The van der Waals surface area contributed by atoms with Crippen molar-refractivity contribution in [1.82, 2.24) is 16.0 Å². The quantitative estimate of drug-likeness (QED) is 0.579. The number of hydrogen-bond donors (Lipinski definition) is 5. The van der Waals surface area contributed by atoms with Gasteiger partial charge in [0.15, 0.2) is 6.29 Å². The van der Waals surface area contributed by atoms with E-state index in [1.165, 1.54) is 11.1 Å². The van der Waals surface area contributed by atoms with Crippen molar-refractivity contribution in [3.05, 3.63) is 65.1 Å². The number of nitrogens with zero attached hydrogens (tertiary/aromatic N) is 1. The van der Waals surface area contributed by atoms with E-state index in [0.717, 1.165) is 17.1 Å². The van der Waals surface area contributed by atoms with Crippen molar-refractivity contribution in [3.63, 3.8) is 0 Å². The third-order valence-corrected chi connectivity index (χ3v) is 4.19. The predicted octanol–water partition coefficient (Wildman–Crippen LogP) is 1.41. The van der Waals surface area contributed by atoms with E-state index in [1.54, 1.807) is 12.3 Å². The minimum Gasteiger partial charge on any atom is -0.506 e. The molecular formula is C18H23N5O. The number of benzene rings is 1. The normalized spacial score (nSPS) is 24.5. The molecule has 0 aliphatic carbocycles. The highest BCUT2D eigenvalue weighted by atomic mass is 16.3. The van der Waals surface area contributed by atoms with Crippen LogP contribution in [0.1, 0.15) is 16.7 Å². The van der Waals surface area contributed by atoms with Crippen molar-refractivity contribution in [2.24, 2.45) is 10.7 Å². The molecule has 2 unspecified atom stereocenters. The highest BCUT2D eigenvalue weighted by Crippen LogP contribution is 2.21. The first-order valence-corrected chi connectivity index (χ1v) is 7.98. The summed E-state index contributed by atoms with van der Waals surface area (Å²) in [6.45, 7) is 4.75. The van der Waals surface area contributed by atoms with Gasteiger partial charge in [-0.25, -0.2) is 0 Å². The molecule has 0 fully saturated rings. The number of aryl methyl sites for hydroxylation is 1. The van der Waals surface area contributed by atoms with Gasteiger partial charge in [-0.3, -0.25) is 10.7 Å². The Balaban J connectivity index is 1.80. The first-order chi connectivity index (χ1) is 11.5. The zero-order chi connectivity index (χ0) is 17.1. The Hall–Kier alpha value is -2.73. The monoisotopic (exact) mass is 325 g/mol. The molecule has 0 saturated carbocycles. The number of dihydropyridines is 1. The molecule has 24 heavy (non-hydrogen) atoms. The molecule has 3 rings (SSSR count). The van der Waals surface area contributed by atoms with Gasteiger partial charge in [-0.15, -0.1) is 0 Å². The van der Waals surface area contributed by atoms with Crippen LogP contribution in [0.4, 0.5) is 0 Å². The molecule has 6 heteroatoms. The van der Waals surface area contributed by atoms with Gasteiger partial charge in [-0.05, 0) is 31.1 Å². The number of amidine groups is 1. The number of aliphatic hydroxyl groups is 1. The lowest BCUT2D eigenvalue weighted by atomic mass is 10.00. The second-order valence-corrected chi connectivity index (χ2v) is 6.00. The standard InChI is InChI=1S/C18H23N5O/c1-11-4-3-5-15(12(11)2)16-8-17(23-18(19)22-16)21-9-13-6-7-14(24)10-20-13/h3-8,10,13,18,20,22,24H,9,19H2,1-2H3,(H,21,23). The molecule has 0 saturated heterocycles. The summed E-state index contributed by atoms with van der Waals surface area (Å²) in [6, 6.07) is 6.27. The summed E-state index contributed by atoms with van der Waals surface area (Å²) in [5.74, 6) is 0.962. The van der Waals surface area contributed by atoms with Crippen LogP contribution in [0.2, 0.25) is 0 Å². The number of hydrogen-bond acceptors (Lipinski definition) is 5. The molecular weight excluding hydrogens is 302 g/mol. The zero-order valence-electron chi connectivity index (χ0n) is 13.9. The van der Waals surface area contributed by atoms with Gasteiger partial charge in [-0.2, -0.15) is 0 Å². The van der Waals surface area contributed by atoms with E-state index >= 15 is 0 Å². The van der Waals surface area contributed by atoms with E-state index in [1.807, 2.05) is 18.2 Å². The summed E-state index contributed by atoms with van der Waals surface area (Å²) in [5, 5.41) is 18.8. The zero-order valence-corrected chi connectivity index (χ0v) is 13.9. The summed E-state index contributed by atoms with van der Waals surface area (Å²) in [5.41, 5.74) is 10.6. The van der Waals surface area contributed by atoms with Gasteiger partial charge in [-0.1, -0.05) is 24.3 Å². The van der Waals surface area contributed by atoms with Crippen LogP contribution >= 0.6 is 0 Å². The van der Waals surface area contributed by atoms with Gasteiger partial charge in [0.05, 0.1) is 12.6 Å². The highest BCUT2D eigenvalue weighted by Gasteiger charge is 2.17. The molecule has 6 N–H and O–H groups in total. The third kappa shape index (κ3) is 3.60. The second-order valence-electron chi connectivity index (χ2n) is 6.00. The molecule has 1 aromatic carbocycles. The Morgan fingerprint density at radius 2 is 2.08 bits per heavy atom. The number of aliphatic imine (C=N–C) groups is 1. The summed E-state index contributed by atoms with van der Waals surface area (Å²) >= 11 is 0. The van der Waals surface area contributed by atoms with Gasteiger partial charge < -0.3 is 21.1 Å². The van der Waals surface area contributed by atoms with Crippen LogP contribution in [0.5, 0.6) is 0 Å². The summed E-state index contributed by atoms with van der Waals surface area (Å²) in [6.07, 6.45) is 6.72. The topological polar surface area (TPSA) is 94.7 Å². The van der Waals surface area contributed by atoms with E-state index in [2.05, 4.69) is 46.9 Å². The molecule has 2 aliphatic heterocycles. The van der Waals surface area contributed by atoms with Crippen LogP contribution in [0.15, 0.2) is 53.4 Å². The van der Waals surface area contributed by atoms with Crippen molar-refractivity contribution in [3.8, 4) is 0 Å². The van der Waals surface area contributed by atoms with Gasteiger partial charge >= 0.3 is 0 Å². The van der Waals surface area contributed by atoms with Crippen molar-refractivity contribution in [2.45, 2.75) is 26.2 Å². The summed E-state index contributed by atoms with van der Waals surface area (Å²) < 4.78 is 0. The van der Waals surface area contributed by atoms with E-state index in [0.29, 0.717) is 6.54 Å². The molecule has 6 nitrogen and oxygen atoms in total. The molecule has 0 radical (unpaired) electrons. The fraction of sp³-hybridized carbons (Fsp3) is 0.278. The smallest absolute Gasteiger partial charge is 0.151 e. The van der Waals surface area contributed by atoms with E-state index in [-0.39, 0.29) is 18.1 Å². The average Bonchev–Trinajstić information content (AvgIpc) is 2.56. The number of rotatable bonds is 3. The Kier molecular flexibility index (Phi) is 4.57. The lowest BCUT2D eigenvalue weighted by Gasteiger charge is -2.27. The lowest BCUT2D eigenvalue weighted by molar-refractivity contribution is 0.420. The van der Waals surface area contributed by atoms with Gasteiger partial charge in [0.25, 0.3) is 0 Å². The Morgan fingerprint density at radius 3 is 2.83 bits per heavy atom. The van der Waals surface area contributed by atoms with Crippen LogP contribution in [0.25, 0.3) is 5.70 Å². The van der Waals surface area contributed by atoms with Crippen molar-refractivity contribution in [2.75, 3.05) is 6.54 Å². The number of nitrogens with one attached hydrogen (secondary N) is 3. The average molecular weight is 325 g/mol. The lowest BCUT2D eigenvalue weighted by Crippen LogP contribution is -2.54. The molecule has 2 atom stereocenters.